The summed E-state index contributed by atoms with van der Waals surface area (Å²) in [5, 5.41) is 11.0. The Kier molecular flexibility index (Phi) is 5.12. The number of nitriles is 1. The van der Waals surface area contributed by atoms with Crippen molar-refractivity contribution < 1.29 is 8.42 Å². The van der Waals surface area contributed by atoms with Gasteiger partial charge in [0.2, 0.25) is 10.0 Å². The average Bonchev–Trinajstić information content (AvgIpc) is 2.98. The molecule has 0 saturated heterocycles. The number of likely N-dealkylation sites (N-methyl/N-ethyl adjacent to an activating group) is 1. The van der Waals surface area contributed by atoms with E-state index in [4.69, 9.17) is 5.26 Å². The van der Waals surface area contributed by atoms with Gasteiger partial charge in [-0.15, -0.1) is 11.3 Å². The van der Waals surface area contributed by atoms with Crippen LogP contribution in [0.3, 0.4) is 0 Å². The van der Waals surface area contributed by atoms with Crippen LogP contribution in [0.1, 0.15) is 16.0 Å². The first kappa shape index (κ1) is 15.7. The van der Waals surface area contributed by atoms with Gasteiger partial charge in [0.05, 0.1) is 17.4 Å². The molecule has 110 valence electrons. The molecule has 1 aromatic carbocycles. The largest absolute Gasteiger partial charge is 0.218 e. The SMILES string of the molecule is CN(CCc1cccs1)S(=O)(=O)Cc1ccccc1C#N. The fourth-order valence-corrected chi connectivity index (χ4v) is 3.86. The van der Waals surface area contributed by atoms with Crippen molar-refractivity contribution >= 4 is 21.4 Å². The Morgan fingerprint density at radius 1 is 1.24 bits per heavy atom. The predicted molar refractivity (Wildman–Crippen MR) is 84.4 cm³/mol. The first-order chi connectivity index (χ1) is 10.0. The molecular formula is C15H16N2O2S2. The third-order valence-electron chi connectivity index (χ3n) is 3.20. The Bertz CT molecular complexity index is 731. The van der Waals surface area contributed by atoms with Crippen molar-refractivity contribution in [1.82, 2.24) is 4.31 Å². The number of nitrogens with zero attached hydrogens (tertiary/aromatic N) is 2. The lowest BCUT2D eigenvalue weighted by atomic mass is 10.1. The smallest absolute Gasteiger partial charge is 0.212 e. The van der Waals surface area contributed by atoms with Gasteiger partial charge in [0.25, 0.3) is 0 Å². The zero-order chi connectivity index (χ0) is 15.3. The molecular weight excluding hydrogens is 304 g/mol. The van der Waals surface area contributed by atoms with Crippen LogP contribution in [0.2, 0.25) is 0 Å². The molecule has 0 saturated carbocycles. The molecule has 0 bridgehead atoms. The van der Waals surface area contributed by atoms with Gasteiger partial charge in [-0.05, 0) is 29.5 Å². The minimum atomic E-state index is -3.41. The van der Waals surface area contributed by atoms with E-state index >= 15 is 0 Å². The van der Waals surface area contributed by atoms with Crippen molar-refractivity contribution in [1.29, 1.82) is 5.26 Å². The molecule has 0 aliphatic carbocycles. The van der Waals surface area contributed by atoms with E-state index in [9.17, 15) is 8.42 Å². The van der Waals surface area contributed by atoms with Gasteiger partial charge < -0.3 is 0 Å². The van der Waals surface area contributed by atoms with Crippen LogP contribution in [-0.4, -0.2) is 26.3 Å². The molecule has 2 rings (SSSR count). The number of thiophene rings is 1. The zero-order valence-corrected chi connectivity index (χ0v) is 13.3. The minimum Gasteiger partial charge on any atom is -0.212 e. The fourth-order valence-electron chi connectivity index (χ4n) is 1.92. The van der Waals surface area contributed by atoms with Crippen molar-refractivity contribution in [3.63, 3.8) is 0 Å². The van der Waals surface area contributed by atoms with Crippen LogP contribution in [0, 0.1) is 11.3 Å². The summed E-state index contributed by atoms with van der Waals surface area (Å²) in [6.45, 7) is 0.442. The normalized spacial score (nSPS) is 11.5. The molecule has 1 heterocycles. The highest BCUT2D eigenvalue weighted by Gasteiger charge is 2.19. The molecule has 2 aromatic rings. The summed E-state index contributed by atoms with van der Waals surface area (Å²) in [5.41, 5.74) is 0.954. The Balaban J connectivity index is 2.05. The molecule has 0 amide bonds. The number of rotatable bonds is 6. The maximum atomic E-state index is 12.3. The van der Waals surface area contributed by atoms with Gasteiger partial charge in [-0.2, -0.15) is 5.26 Å². The van der Waals surface area contributed by atoms with Gasteiger partial charge in [-0.1, -0.05) is 24.3 Å². The predicted octanol–water partition coefficient (Wildman–Crippen LogP) is 2.62. The lowest BCUT2D eigenvalue weighted by Crippen LogP contribution is -2.30. The highest BCUT2D eigenvalue weighted by molar-refractivity contribution is 7.88. The Morgan fingerprint density at radius 2 is 2.00 bits per heavy atom. The molecule has 6 heteroatoms. The molecule has 0 aliphatic heterocycles. The van der Waals surface area contributed by atoms with E-state index in [1.54, 1.807) is 42.6 Å². The summed E-state index contributed by atoms with van der Waals surface area (Å²) in [4.78, 5) is 1.16. The molecule has 0 N–H and O–H groups in total. The Hall–Kier alpha value is -1.68. The van der Waals surface area contributed by atoms with Crippen LogP contribution in [0.4, 0.5) is 0 Å². The maximum Gasteiger partial charge on any atom is 0.218 e. The fraction of sp³-hybridized carbons (Fsp3) is 0.267. The van der Waals surface area contributed by atoms with E-state index in [2.05, 4.69) is 0 Å². The van der Waals surface area contributed by atoms with Gasteiger partial charge in [0, 0.05) is 18.5 Å². The topological polar surface area (TPSA) is 61.2 Å². The third kappa shape index (κ3) is 4.14. The summed E-state index contributed by atoms with van der Waals surface area (Å²) in [6.07, 6.45) is 0.702. The summed E-state index contributed by atoms with van der Waals surface area (Å²) in [5.74, 6) is -0.141. The maximum absolute atomic E-state index is 12.3. The molecule has 0 unspecified atom stereocenters. The number of hydrogen-bond acceptors (Lipinski definition) is 4. The minimum absolute atomic E-state index is 0.141. The van der Waals surface area contributed by atoms with Gasteiger partial charge in [-0.25, -0.2) is 12.7 Å². The van der Waals surface area contributed by atoms with Crippen LogP contribution >= 0.6 is 11.3 Å². The second-order valence-corrected chi connectivity index (χ2v) is 7.78. The van der Waals surface area contributed by atoms with Crippen LogP contribution < -0.4 is 0 Å². The van der Waals surface area contributed by atoms with Crippen LogP contribution in [0.5, 0.6) is 0 Å². The van der Waals surface area contributed by atoms with E-state index in [1.807, 2.05) is 23.6 Å². The highest BCUT2D eigenvalue weighted by atomic mass is 32.2. The average molecular weight is 320 g/mol. The van der Waals surface area contributed by atoms with E-state index < -0.39 is 10.0 Å². The molecule has 0 radical (unpaired) electrons. The van der Waals surface area contributed by atoms with Gasteiger partial charge >= 0.3 is 0 Å². The molecule has 0 atom stereocenters. The molecule has 0 spiro atoms. The highest BCUT2D eigenvalue weighted by Crippen LogP contribution is 2.15. The Morgan fingerprint density at radius 3 is 2.67 bits per heavy atom. The van der Waals surface area contributed by atoms with Crippen molar-refractivity contribution in [3.05, 3.63) is 57.8 Å². The van der Waals surface area contributed by atoms with Crippen molar-refractivity contribution in [2.24, 2.45) is 0 Å². The quantitative estimate of drug-likeness (QED) is 0.822. The number of sulfonamides is 1. The summed E-state index contributed by atoms with van der Waals surface area (Å²) in [6, 6.07) is 12.8. The number of benzene rings is 1. The molecule has 0 aliphatic rings. The first-order valence-corrected chi connectivity index (χ1v) is 8.96. The van der Waals surface area contributed by atoms with Gasteiger partial charge in [0.15, 0.2) is 0 Å². The lowest BCUT2D eigenvalue weighted by Gasteiger charge is -2.17. The van der Waals surface area contributed by atoms with E-state index in [-0.39, 0.29) is 5.75 Å². The monoisotopic (exact) mass is 320 g/mol. The van der Waals surface area contributed by atoms with Crippen molar-refractivity contribution in [2.45, 2.75) is 12.2 Å². The van der Waals surface area contributed by atoms with Gasteiger partial charge in [-0.3, -0.25) is 0 Å². The van der Waals surface area contributed by atoms with Crippen LogP contribution in [0.25, 0.3) is 0 Å². The van der Waals surface area contributed by atoms with Crippen molar-refractivity contribution in [2.75, 3.05) is 13.6 Å². The molecule has 0 fully saturated rings. The van der Waals surface area contributed by atoms with Crippen molar-refractivity contribution in [3.8, 4) is 6.07 Å². The standard InChI is InChI=1S/C15H16N2O2S2/c1-17(9-8-15-7-4-10-20-15)21(18,19)12-14-6-3-2-5-13(14)11-16/h2-7,10H,8-9,12H2,1H3. The second-order valence-electron chi connectivity index (χ2n) is 4.68. The Labute approximate surface area is 129 Å². The van der Waals surface area contributed by atoms with E-state index in [0.29, 0.717) is 24.1 Å². The molecule has 4 nitrogen and oxygen atoms in total. The second kappa shape index (κ2) is 6.85. The van der Waals surface area contributed by atoms with Gasteiger partial charge in [0.1, 0.15) is 0 Å². The summed E-state index contributed by atoms with van der Waals surface area (Å²) >= 11 is 1.62. The zero-order valence-electron chi connectivity index (χ0n) is 11.7. The molecule has 1 aromatic heterocycles. The summed E-state index contributed by atoms with van der Waals surface area (Å²) in [7, 11) is -1.83. The third-order valence-corrected chi connectivity index (χ3v) is 5.95. The van der Waals surface area contributed by atoms with Crippen LogP contribution in [0.15, 0.2) is 41.8 Å². The lowest BCUT2D eigenvalue weighted by molar-refractivity contribution is 0.472. The number of hydrogen-bond donors (Lipinski definition) is 0. The van der Waals surface area contributed by atoms with E-state index in [1.165, 1.54) is 4.31 Å². The first-order valence-electron chi connectivity index (χ1n) is 6.47. The summed E-state index contributed by atoms with van der Waals surface area (Å²) < 4.78 is 26.1. The van der Waals surface area contributed by atoms with Crippen LogP contribution in [-0.2, 0) is 22.2 Å². The van der Waals surface area contributed by atoms with E-state index in [0.717, 1.165) is 4.88 Å². The molecule has 21 heavy (non-hydrogen) atoms.